The number of likely N-dealkylation sites (N-methyl/N-ethyl adjacent to an activating group) is 1. The molecular formula is C25H31N5O3S2. The Morgan fingerprint density at radius 1 is 1.23 bits per heavy atom. The smallest absolute Gasteiger partial charge is 0.272 e. The quantitative estimate of drug-likeness (QED) is 0.488. The number of thiazole rings is 1. The Balaban J connectivity index is 1.51. The van der Waals surface area contributed by atoms with Crippen molar-refractivity contribution in [3.8, 4) is 17.0 Å². The van der Waals surface area contributed by atoms with Crippen LogP contribution in [0.3, 0.4) is 0 Å². The molecule has 4 rings (SSSR count). The van der Waals surface area contributed by atoms with Gasteiger partial charge >= 0.3 is 0 Å². The van der Waals surface area contributed by atoms with Crippen LogP contribution in [0.4, 0.5) is 0 Å². The number of ether oxygens (including phenoxy) is 1. The summed E-state index contributed by atoms with van der Waals surface area (Å²) in [5.74, 6) is 4.26. The molecule has 0 bridgehead atoms. The number of aromatic nitrogens is 2. The van der Waals surface area contributed by atoms with Crippen LogP contribution in [0.5, 0.6) is 5.75 Å². The highest BCUT2D eigenvalue weighted by Gasteiger charge is 2.21. The van der Waals surface area contributed by atoms with Crippen LogP contribution in [0.25, 0.3) is 11.3 Å². The Labute approximate surface area is 210 Å². The van der Waals surface area contributed by atoms with Gasteiger partial charge in [0, 0.05) is 60.2 Å². The summed E-state index contributed by atoms with van der Waals surface area (Å²) in [6.07, 6.45) is 2.19. The van der Waals surface area contributed by atoms with Crippen molar-refractivity contribution in [3.05, 3.63) is 58.2 Å². The molecule has 35 heavy (non-hydrogen) atoms. The van der Waals surface area contributed by atoms with Gasteiger partial charge in [-0.25, -0.2) is 9.19 Å². The Bertz CT molecular complexity index is 1290. The fraction of sp³-hybridized carbons (Fsp3) is 0.360. The van der Waals surface area contributed by atoms with Gasteiger partial charge in [0.05, 0.1) is 26.5 Å². The molecule has 2 aromatic heterocycles. The summed E-state index contributed by atoms with van der Waals surface area (Å²) in [5, 5.41) is 8.60. The first-order valence-corrected chi connectivity index (χ1v) is 14.1. The minimum Gasteiger partial charge on any atom is -0.491 e. The van der Waals surface area contributed by atoms with E-state index in [-0.39, 0.29) is 12.0 Å². The summed E-state index contributed by atoms with van der Waals surface area (Å²) in [6.45, 7) is 7.08. The summed E-state index contributed by atoms with van der Waals surface area (Å²) >= 11 is 1.52. The normalized spacial score (nSPS) is 16.3. The van der Waals surface area contributed by atoms with Gasteiger partial charge in [-0.15, -0.1) is 11.3 Å². The first-order valence-electron chi connectivity index (χ1n) is 11.4. The van der Waals surface area contributed by atoms with Crippen molar-refractivity contribution >= 4 is 32.8 Å². The van der Waals surface area contributed by atoms with Crippen molar-refractivity contribution < 1.29 is 13.7 Å². The number of carbonyl (C=O) groups excluding carboxylic acids is 1. The largest absolute Gasteiger partial charge is 0.491 e. The molecule has 0 spiro atoms. The van der Waals surface area contributed by atoms with Gasteiger partial charge in [0.2, 0.25) is 0 Å². The van der Waals surface area contributed by atoms with E-state index in [1.165, 1.54) is 11.3 Å². The van der Waals surface area contributed by atoms with Gasteiger partial charge in [-0.3, -0.25) is 14.9 Å². The zero-order valence-corrected chi connectivity index (χ0v) is 21.9. The SMILES string of the molecule is C=S(N)(=O)c1ccc(OC(C)C)c(Cc2nc(-c3ccc(C(=O)N4CCN(C)CC4)nc3)cs2)c1. The van der Waals surface area contributed by atoms with Crippen LogP contribution in [0.2, 0.25) is 0 Å². The molecule has 1 fully saturated rings. The molecule has 1 saturated heterocycles. The summed E-state index contributed by atoms with van der Waals surface area (Å²) in [6, 6.07) is 8.92. The standard InChI is InChI=1S/C25H31N5O3S2/c1-17(2)33-23-8-6-20(35(4,26)32)13-19(23)14-24-28-22(16-34-24)18-5-7-21(27-15-18)25(31)30-11-9-29(3)10-12-30/h5-8,13,15-17H,4,9-12,14H2,1-3H3,(H2,26,32). The van der Waals surface area contributed by atoms with Gasteiger partial charge < -0.3 is 14.5 Å². The molecule has 1 amide bonds. The van der Waals surface area contributed by atoms with Crippen LogP contribution in [-0.4, -0.2) is 75.1 Å². The second-order valence-corrected chi connectivity index (χ2v) is 11.9. The number of hydrogen-bond acceptors (Lipinski definition) is 7. The van der Waals surface area contributed by atoms with Gasteiger partial charge in [0.1, 0.15) is 11.4 Å². The zero-order valence-electron chi connectivity index (χ0n) is 20.3. The van der Waals surface area contributed by atoms with E-state index in [4.69, 9.17) is 14.9 Å². The van der Waals surface area contributed by atoms with Crippen molar-refractivity contribution in [2.75, 3.05) is 33.2 Å². The number of piperazine rings is 1. The molecule has 3 heterocycles. The highest BCUT2D eigenvalue weighted by Crippen LogP contribution is 2.29. The molecule has 1 atom stereocenters. The molecule has 0 aliphatic carbocycles. The first-order chi connectivity index (χ1) is 16.6. The van der Waals surface area contributed by atoms with Crippen molar-refractivity contribution in [1.82, 2.24) is 19.8 Å². The lowest BCUT2D eigenvalue weighted by atomic mass is 10.1. The fourth-order valence-corrected chi connectivity index (χ4v) is 5.28. The Kier molecular flexibility index (Phi) is 7.56. The maximum Gasteiger partial charge on any atom is 0.272 e. The van der Waals surface area contributed by atoms with E-state index in [0.29, 0.717) is 35.8 Å². The third-order valence-corrected chi connectivity index (χ3v) is 7.66. The number of nitrogens with two attached hydrogens (primary N) is 1. The third kappa shape index (κ3) is 6.26. The fourth-order valence-electron chi connectivity index (χ4n) is 3.81. The molecule has 1 aromatic carbocycles. The number of hydrogen-bond donors (Lipinski definition) is 1. The van der Waals surface area contributed by atoms with E-state index in [1.807, 2.05) is 30.2 Å². The molecule has 186 valence electrons. The Hall–Kier alpha value is -2.79. The van der Waals surface area contributed by atoms with Gasteiger partial charge in [0.15, 0.2) is 0 Å². The molecule has 0 radical (unpaired) electrons. The molecule has 1 aliphatic rings. The number of amides is 1. The zero-order chi connectivity index (χ0) is 25.2. The van der Waals surface area contributed by atoms with Gasteiger partial charge in [-0.2, -0.15) is 0 Å². The van der Waals surface area contributed by atoms with E-state index in [9.17, 15) is 9.00 Å². The van der Waals surface area contributed by atoms with Crippen molar-refractivity contribution in [1.29, 1.82) is 0 Å². The molecular weight excluding hydrogens is 482 g/mol. The number of benzene rings is 1. The van der Waals surface area contributed by atoms with Crippen LogP contribution in [-0.2, 0) is 16.1 Å². The Morgan fingerprint density at radius 3 is 2.60 bits per heavy atom. The predicted octanol–water partition coefficient (Wildman–Crippen LogP) is 2.92. The highest BCUT2D eigenvalue weighted by atomic mass is 32.2. The summed E-state index contributed by atoms with van der Waals surface area (Å²) < 4.78 is 18.2. The average molecular weight is 514 g/mol. The van der Waals surface area contributed by atoms with E-state index < -0.39 is 9.71 Å². The van der Waals surface area contributed by atoms with E-state index in [2.05, 4.69) is 22.8 Å². The lowest BCUT2D eigenvalue weighted by Crippen LogP contribution is -2.47. The number of nitrogens with zero attached hydrogens (tertiary/aromatic N) is 4. The second kappa shape index (κ2) is 10.4. The molecule has 2 N–H and O–H groups in total. The molecule has 1 aliphatic heterocycles. The second-order valence-electron chi connectivity index (χ2n) is 8.99. The first kappa shape index (κ1) is 25.3. The lowest BCUT2D eigenvalue weighted by Gasteiger charge is -2.32. The number of pyridine rings is 1. The van der Waals surface area contributed by atoms with Gasteiger partial charge in [-0.05, 0) is 57.1 Å². The van der Waals surface area contributed by atoms with Gasteiger partial charge in [0.25, 0.3) is 5.91 Å². The van der Waals surface area contributed by atoms with Crippen LogP contribution in [0.15, 0.2) is 46.8 Å². The molecule has 1 unspecified atom stereocenters. The molecule has 8 nitrogen and oxygen atoms in total. The maximum absolute atomic E-state index is 12.8. The number of carbonyl (C=O) groups is 1. The van der Waals surface area contributed by atoms with Crippen LogP contribution in [0.1, 0.15) is 34.9 Å². The molecule has 10 heteroatoms. The summed E-state index contributed by atoms with van der Waals surface area (Å²) in [5.41, 5.74) is 2.93. The summed E-state index contributed by atoms with van der Waals surface area (Å²) in [4.78, 5) is 26.5. The van der Waals surface area contributed by atoms with Crippen LogP contribution < -0.4 is 9.88 Å². The monoisotopic (exact) mass is 513 g/mol. The topological polar surface area (TPSA) is 102 Å². The van der Waals surface area contributed by atoms with E-state index in [0.717, 1.165) is 34.9 Å². The minimum absolute atomic E-state index is 0.00779. The minimum atomic E-state index is -2.84. The van der Waals surface area contributed by atoms with Crippen molar-refractivity contribution in [3.63, 3.8) is 0 Å². The maximum atomic E-state index is 12.8. The number of rotatable bonds is 7. The van der Waals surface area contributed by atoms with Gasteiger partial charge in [-0.1, -0.05) is 0 Å². The van der Waals surface area contributed by atoms with Crippen molar-refractivity contribution in [2.24, 2.45) is 5.14 Å². The molecule has 0 saturated carbocycles. The van der Waals surface area contributed by atoms with Crippen LogP contribution in [0, 0.1) is 0 Å². The predicted molar refractivity (Wildman–Crippen MR) is 141 cm³/mol. The summed E-state index contributed by atoms with van der Waals surface area (Å²) in [7, 11) is -0.778. The van der Waals surface area contributed by atoms with E-state index >= 15 is 0 Å². The third-order valence-electron chi connectivity index (χ3n) is 5.76. The van der Waals surface area contributed by atoms with Crippen molar-refractivity contribution in [2.45, 2.75) is 31.3 Å². The van der Waals surface area contributed by atoms with Crippen LogP contribution >= 0.6 is 11.3 Å². The molecule has 3 aromatic rings. The Morgan fingerprint density at radius 2 is 1.97 bits per heavy atom. The van der Waals surface area contributed by atoms with E-state index in [1.54, 1.807) is 30.5 Å². The average Bonchev–Trinajstić information content (AvgIpc) is 3.28. The lowest BCUT2D eigenvalue weighted by molar-refractivity contribution is 0.0658. The highest BCUT2D eigenvalue weighted by molar-refractivity contribution is 7.98.